The molecule has 1 aliphatic rings. The van der Waals surface area contributed by atoms with Gasteiger partial charge in [0, 0.05) is 6.42 Å². The molecule has 2 unspecified atom stereocenters. The fraction of sp³-hybridized carbons (Fsp3) is 0.400. The number of benzene rings is 1. The van der Waals surface area contributed by atoms with Crippen molar-refractivity contribution in [1.29, 1.82) is 0 Å². The van der Waals surface area contributed by atoms with Gasteiger partial charge in [-0.1, -0.05) is 37.5 Å². The van der Waals surface area contributed by atoms with Crippen molar-refractivity contribution in [2.75, 3.05) is 0 Å². The highest BCUT2D eigenvalue weighted by atomic mass is 16.5. The Hall–Kier alpha value is -1.95. The van der Waals surface area contributed by atoms with Crippen LogP contribution in [0, 0.1) is 12.3 Å². The molecule has 2 atom stereocenters. The van der Waals surface area contributed by atoms with E-state index in [-0.39, 0.29) is 11.9 Å². The molecule has 1 N–H and O–H groups in total. The maximum Gasteiger partial charge on any atom is 0.262 e. The number of rotatable bonds is 4. The van der Waals surface area contributed by atoms with E-state index in [2.05, 4.69) is 11.2 Å². The van der Waals surface area contributed by atoms with Crippen molar-refractivity contribution in [2.24, 2.45) is 0 Å². The number of ether oxygens (including phenoxy) is 1. The Morgan fingerprint density at radius 2 is 2.39 bits per heavy atom. The number of fused-ring (bicyclic) bond motifs is 1. The van der Waals surface area contributed by atoms with Gasteiger partial charge in [-0.25, -0.2) is 0 Å². The zero-order chi connectivity index (χ0) is 13.0. The van der Waals surface area contributed by atoms with Gasteiger partial charge in [-0.15, -0.1) is 6.42 Å². The second-order valence-corrected chi connectivity index (χ2v) is 4.43. The van der Waals surface area contributed by atoms with Crippen molar-refractivity contribution in [1.82, 2.24) is 5.32 Å². The summed E-state index contributed by atoms with van der Waals surface area (Å²) in [4.78, 5) is 12.0. The number of carbonyl (C=O) groups excluding carboxylic acids is 1. The summed E-state index contributed by atoms with van der Waals surface area (Å²) in [7, 11) is 0. The average molecular weight is 243 g/mol. The van der Waals surface area contributed by atoms with Gasteiger partial charge in [0.25, 0.3) is 5.91 Å². The van der Waals surface area contributed by atoms with Crippen LogP contribution in [0.3, 0.4) is 0 Å². The minimum atomic E-state index is -0.449. The monoisotopic (exact) mass is 243 g/mol. The van der Waals surface area contributed by atoms with E-state index >= 15 is 0 Å². The highest BCUT2D eigenvalue weighted by Gasteiger charge is 2.29. The molecular formula is C15H17NO2. The van der Waals surface area contributed by atoms with Crippen LogP contribution in [-0.4, -0.2) is 18.1 Å². The molecule has 3 heteroatoms. The number of carbonyl (C=O) groups is 1. The first-order valence-electron chi connectivity index (χ1n) is 6.25. The lowest BCUT2D eigenvalue weighted by Crippen LogP contribution is -2.42. The number of nitrogens with one attached hydrogen (secondary N) is 1. The molecule has 2 rings (SSSR count). The molecule has 1 aromatic rings. The quantitative estimate of drug-likeness (QED) is 0.820. The van der Waals surface area contributed by atoms with Crippen LogP contribution in [-0.2, 0) is 11.2 Å². The molecule has 1 amide bonds. The third-order valence-corrected chi connectivity index (χ3v) is 3.03. The van der Waals surface area contributed by atoms with Gasteiger partial charge in [-0.05, 0) is 18.1 Å². The Morgan fingerprint density at radius 1 is 1.61 bits per heavy atom. The topological polar surface area (TPSA) is 38.3 Å². The molecule has 0 spiro atoms. The van der Waals surface area contributed by atoms with Crippen LogP contribution in [0.1, 0.15) is 25.3 Å². The highest BCUT2D eigenvalue weighted by molar-refractivity contribution is 5.83. The first kappa shape index (κ1) is 12.5. The molecule has 0 aromatic heterocycles. The van der Waals surface area contributed by atoms with Crippen molar-refractivity contribution < 1.29 is 9.53 Å². The van der Waals surface area contributed by atoms with Gasteiger partial charge in [0.05, 0.1) is 6.04 Å². The van der Waals surface area contributed by atoms with Gasteiger partial charge in [-0.3, -0.25) is 4.79 Å². The van der Waals surface area contributed by atoms with Crippen LogP contribution in [0.25, 0.3) is 0 Å². The molecule has 94 valence electrons. The standard InChI is InChI=1S/C15H17NO2/c1-3-7-12(4-2)16-15(17)14-10-11-8-5-6-9-13(11)18-14/h2,5-6,8-9,12,14H,3,7,10H2,1H3,(H,16,17). The summed E-state index contributed by atoms with van der Waals surface area (Å²) in [5, 5.41) is 2.84. The third kappa shape index (κ3) is 2.65. The van der Waals surface area contributed by atoms with Crippen LogP contribution in [0.5, 0.6) is 5.75 Å². The zero-order valence-electron chi connectivity index (χ0n) is 10.5. The lowest BCUT2D eigenvalue weighted by molar-refractivity contribution is -0.127. The van der Waals surface area contributed by atoms with Crippen molar-refractivity contribution >= 4 is 5.91 Å². The molecule has 0 fully saturated rings. The summed E-state index contributed by atoms with van der Waals surface area (Å²) < 4.78 is 5.61. The molecule has 1 aliphatic heterocycles. The summed E-state index contributed by atoms with van der Waals surface area (Å²) in [5.41, 5.74) is 1.07. The second kappa shape index (κ2) is 5.59. The summed E-state index contributed by atoms with van der Waals surface area (Å²) in [6.07, 6.45) is 7.29. The molecule has 0 saturated carbocycles. The van der Waals surface area contributed by atoms with Crippen LogP contribution < -0.4 is 10.1 Å². The van der Waals surface area contributed by atoms with Crippen molar-refractivity contribution in [3.8, 4) is 18.1 Å². The van der Waals surface area contributed by atoms with Crippen LogP contribution >= 0.6 is 0 Å². The Balaban J connectivity index is 1.95. The van der Waals surface area contributed by atoms with E-state index in [1.807, 2.05) is 31.2 Å². The predicted molar refractivity (Wildman–Crippen MR) is 70.2 cm³/mol. The van der Waals surface area contributed by atoms with Crippen molar-refractivity contribution in [3.63, 3.8) is 0 Å². The van der Waals surface area contributed by atoms with E-state index in [1.54, 1.807) is 0 Å². The van der Waals surface area contributed by atoms with E-state index in [4.69, 9.17) is 11.2 Å². The van der Waals surface area contributed by atoms with Crippen molar-refractivity contribution in [3.05, 3.63) is 29.8 Å². The second-order valence-electron chi connectivity index (χ2n) is 4.43. The maximum absolute atomic E-state index is 12.0. The zero-order valence-corrected chi connectivity index (χ0v) is 10.5. The SMILES string of the molecule is C#CC(CCC)NC(=O)C1Cc2ccccc2O1. The van der Waals surface area contributed by atoms with E-state index in [0.717, 1.165) is 24.2 Å². The molecule has 0 saturated heterocycles. The highest BCUT2D eigenvalue weighted by Crippen LogP contribution is 2.28. The van der Waals surface area contributed by atoms with Crippen LogP contribution in [0.4, 0.5) is 0 Å². The minimum Gasteiger partial charge on any atom is -0.480 e. The average Bonchev–Trinajstić information content (AvgIpc) is 2.82. The van der Waals surface area contributed by atoms with Gasteiger partial charge in [-0.2, -0.15) is 0 Å². The van der Waals surface area contributed by atoms with Gasteiger partial charge < -0.3 is 10.1 Å². The number of hydrogen-bond donors (Lipinski definition) is 1. The fourth-order valence-corrected chi connectivity index (χ4v) is 2.08. The van der Waals surface area contributed by atoms with E-state index in [0.29, 0.717) is 6.42 Å². The molecule has 1 heterocycles. The molecule has 0 bridgehead atoms. The molecule has 0 radical (unpaired) electrons. The van der Waals surface area contributed by atoms with Gasteiger partial charge in [0.1, 0.15) is 5.75 Å². The first-order chi connectivity index (χ1) is 8.74. The van der Waals surface area contributed by atoms with Crippen LogP contribution in [0.15, 0.2) is 24.3 Å². The lowest BCUT2D eigenvalue weighted by atomic mass is 10.1. The summed E-state index contributed by atoms with van der Waals surface area (Å²) in [6, 6.07) is 7.51. The number of terminal acetylenes is 1. The maximum atomic E-state index is 12.0. The first-order valence-corrected chi connectivity index (χ1v) is 6.25. The third-order valence-electron chi connectivity index (χ3n) is 3.03. The molecular weight excluding hydrogens is 226 g/mol. The number of para-hydroxylation sites is 1. The molecule has 18 heavy (non-hydrogen) atoms. The Morgan fingerprint density at radius 3 is 3.06 bits per heavy atom. The van der Waals surface area contributed by atoms with E-state index < -0.39 is 6.10 Å². The predicted octanol–water partition coefficient (Wildman–Crippen LogP) is 1.91. The fourth-order valence-electron chi connectivity index (χ4n) is 2.08. The van der Waals surface area contributed by atoms with Crippen molar-refractivity contribution in [2.45, 2.75) is 38.3 Å². The number of hydrogen-bond acceptors (Lipinski definition) is 2. The lowest BCUT2D eigenvalue weighted by Gasteiger charge is -2.15. The molecule has 1 aromatic carbocycles. The Labute approximate surface area is 108 Å². The largest absolute Gasteiger partial charge is 0.480 e. The van der Waals surface area contributed by atoms with Crippen LogP contribution in [0.2, 0.25) is 0 Å². The van der Waals surface area contributed by atoms with Gasteiger partial charge in [0.2, 0.25) is 0 Å². The van der Waals surface area contributed by atoms with Gasteiger partial charge >= 0.3 is 0 Å². The number of amides is 1. The summed E-state index contributed by atoms with van der Waals surface area (Å²) in [6.45, 7) is 2.04. The summed E-state index contributed by atoms with van der Waals surface area (Å²) >= 11 is 0. The van der Waals surface area contributed by atoms with E-state index in [1.165, 1.54) is 0 Å². The molecule has 0 aliphatic carbocycles. The van der Waals surface area contributed by atoms with Gasteiger partial charge in [0.15, 0.2) is 6.10 Å². The molecule has 3 nitrogen and oxygen atoms in total. The summed E-state index contributed by atoms with van der Waals surface area (Å²) in [5.74, 6) is 3.27. The Kier molecular flexibility index (Phi) is 3.88. The smallest absolute Gasteiger partial charge is 0.262 e. The minimum absolute atomic E-state index is 0.123. The normalized spacial score (nSPS) is 18.3. The van der Waals surface area contributed by atoms with E-state index in [9.17, 15) is 4.79 Å². The Bertz CT molecular complexity index is 451.